The van der Waals surface area contributed by atoms with E-state index in [1.54, 1.807) is 33.5 Å². The van der Waals surface area contributed by atoms with Crippen LogP contribution in [-0.2, 0) is 22.6 Å². The van der Waals surface area contributed by atoms with Crippen LogP contribution in [0.1, 0.15) is 21.5 Å². The molecule has 0 unspecified atom stereocenters. The number of methoxy groups -OCH3 is 3. The number of nitrogens with zero attached hydrogens (tertiary/aromatic N) is 3. The maximum atomic E-state index is 12.0. The van der Waals surface area contributed by atoms with Crippen molar-refractivity contribution >= 4 is 23.8 Å². The molecule has 0 atom stereocenters. The van der Waals surface area contributed by atoms with Crippen LogP contribution in [0.3, 0.4) is 0 Å². The molecular weight excluding hydrogens is 590 g/mol. The number of amides is 1. The number of hydrogen-bond acceptors (Lipinski definition) is 12. The van der Waals surface area contributed by atoms with E-state index in [4.69, 9.17) is 23.7 Å². The van der Waals surface area contributed by atoms with Gasteiger partial charge in [-0.1, -0.05) is 30.3 Å². The zero-order valence-corrected chi connectivity index (χ0v) is 26.4. The molecule has 3 aromatic carbocycles. The van der Waals surface area contributed by atoms with Crippen molar-refractivity contribution in [3.8, 4) is 17.2 Å². The minimum absolute atomic E-state index is 0.122. The summed E-state index contributed by atoms with van der Waals surface area (Å²) in [5, 5.41) is 12.6. The summed E-state index contributed by atoms with van der Waals surface area (Å²) >= 11 is 0. The lowest BCUT2D eigenvalue weighted by Gasteiger charge is -2.13. The van der Waals surface area contributed by atoms with Crippen LogP contribution in [0, 0.1) is 0 Å². The van der Waals surface area contributed by atoms with Gasteiger partial charge in [0.25, 0.3) is 5.91 Å². The molecule has 1 aromatic heterocycles. The summed E-state index contributed by atoms with van der Waals surface area (Å²) in [6.07, 6.45) is 0. The number of ether oxygens (including phenoxy) is 5. The first-order chi connectivity index (χ1) is 22.6. The standard InChI is InChI=1S/C33H41N7O6/c1-42-27-11-9-24(10-12-27)22-36-32-38-31(39-33(40-32)37-23-25-19-28(43-2)21-29(20-25)44-3)35-14-16-46-18-17-45-15-13-34-30(41)26-7-5-4-6-8-26/h4-12,19-21H,13-18,22-23H2,1-3H3,(H,34,41)(H3,35,36,37,38,39,40). The van der Waals surface area contributed by atoms with E-state index in [-0.39, 0.29) is 5.91 Å². The van der Waals surface area contributed by atoms with E-state index < -0.39 is 0 Å². The number of aromatic nitrogens is 3. The van der Waals surface area contributed by atoms with Crippen molar-refractivity contribution in [3.05, 3.63) is 89.5 Å². The van der Waals surface area contributed by atoms with Gasteiger partial charge in [0.2, 0.25) is 17.8 Å². The second kappa shape index (κ2) is 18.6. The third kappa shape index (κ3) is 11.4. The highest BCUT2D eigenvalue weighted by Crippen LogP contribution is 2.23. The highest BCUT2D eigenvalue weighted by molar-refractivity contribution is 5.94. The minimum Gasteiger partial charge on any atom is -0.497 e. The first kappa shape index (κ1) is 33.7. The van der Waals surface area contributed by atoms with E-state index >= 15 is 0 Å². The molecule has 4 N–H and O–H groups in total. The normalized spacial score (nSPS) is 10.6. The summed E-state index contributed by atoms with van der Waals surface area (Å²) in [4.78, 5) is 25.7. The van der Waals surface area contributed by atoms with Gasteiger partial charge in [-0.15, -0.1) is 0 Å². The van der Waals surface area contributed by atoms with Crippen molar-refractivity contribution in [1.82, 2.24) is 20.3 Å². The first-order valence-electron chi connectivity index (χ1n) is 14.9. The quantitative estimate of drug-likeness (QED) is 0.104. The molecule has 0 fully saturated rings. The maximum absolute atomic E-state index is 12.0. The van der Waals surface area contributed by atoms with Crippen molar-refractivity contribution in [1.29, 1.82) is 0 Å². The molecule has 0 saturated heterocycles. The Labute approximate surface area is 269 Å². The fraction of sp³-hybridized carbons (Fsp3) is 0.333. The Morgan fingerprint density at radius 1 is 0.587 bits per heavy atom. The molecule has 13 nitrogen and oxygen atoms in total. The number of benzene rings is 3. The number of carbonyl (C=O) groups is 1. The summed E-state index contributed by atoms with van der Waals surface area (Å²) < 4.78 is 27.2. The van der Waals surface area contributed by atoms with E-state index in [1.807, 2.05) is 60.7 Å². The van der Waals surface area contributed by atoms with Crippen LogP contribution in [0.15, 0.2) is 72.8 Å². The monoisotopic (exact) mass is 631 g/mol. The molecule has 0 aliphatic carbocycles. The van der Waals surface area contributed by atoms with Crippen molar-refractivity contribution in [2.75, 3.05) is 76.8 Å². The van der Waals surface area contributed by atoms with Crippen molar-refractivity contribution in [2.24, 2.45) is 0 Å². The summed E-state index contributed by atoms with van der Waals surface area (Å²) in [5.74, 6) is 3.25. The zero-order chi connectivity index (χ0) is 32.4. The largest absolute Gasteiger partial charge is 0.497 e. The summed E-state index contributed by atoms with van der Waals surface area (Å²) in [7, 11) is 4.86. The predicted molar refractivity (Wildman–Crippen MR) is 176 cm³/mol. The lowest BCUT2D eigenvalue weighted by molar-refractivity contribution is 0.0519. The molecule has 0 aliphatic heterocycles. The molecule has 4 aromatic rings. The van der Waals surface area contributed by atoms with E-state index in [0.717, 1.165) is 16.9 Å². The zero-order valence-electron chi connectivity index (χ0n) is 26.4. The third-order valence-corrected chi connectivity index (χ3v) is 6.58. The van der Waals surface area contributed by atoms with Gasteiger partial charge >= 0.3 is 0 Å². The lowest BCUT2D eigenvalue weighted by atomic mass is 10.2. The molecule has 0 spiro atoms. The van der Waals surface area contributed by atoms with E-state index in [2.05, 4.69) is 36.2 Å². The van der Waals surface area contributed by atoms with Gasteiger partial charge < -0.3 is 45.0 Å². The molecule has 0 saturated carbocycles. The summed E-state index contributed by atoms with van der Waals surface area (Å²) in [5.41, 5.74) is 2.60. The van der Waals surface area contributed by atoms with Gasteiger partial charge in [-0.2, -0.15) is 15.0 Å². The number of nitrogens with one attached hydrogen (secondary N) is 4. The van der Waals surface area contributed by atoms with E-state index in [1.165, 1.54) is 0 Å². The van der Waals surface area contributed by atoms with Crippen LogP contribution in [0.4, 0.5) is 17.8 Å². The van der Waals surface area contributed by atoms with Crippen LogP contribution in [0.25, 0.3) is 0 Å². The molecule has 244 valence electrons. The highest BCUT2D eigenvalue weighted by Gasteiger charge is 2.09. The molecule has 1 amide bonds. The second-order valence-electron chi connectivity index (χ2n) is 9.86. The van der Waals surface area contributed by atoms with Crippen molar-refractivity contribution < 1.29 is 28.5 Å². The fourth-order valence-electron chi connectivity index (χ4n) is 4.17. The third-order valence-electron chi connectivity index (χ3n) is 6.58. The number of carbonyl (C=O) groups excluding carboxylic acids is 1. The smallest absolute Gasteiger partial charge is 0.251 e. The molecule has 46 heavy (non-hydrogen) atoms. The molecule has 0 bridgehead atoms. The molecule has 4 rings (SSSR count). The van der Waals surface area contributed by atoms with Crippen molar-refractivity contribution in [3.63, 3.8) is 0 Å². The van der Waals surface area contributed by atoms with Gasteiger partial charge in [-0.25, -0.2) is 0 Å². The molecule has 13 heteroatoms. The SMILES string of the molecule is COc1ccc(CNc2nc(NCCOCCOCCNC(=O)c3ccccc3)nc(NCc3cc(OC)cc(OC)c3)n2)cc1. The first-order valence-corrected chi connectivity index (χ1v) is 14.9. The second-order valence-corrected chi connectivity index (χ2v) is 9.86. The predicted octanol–water partition coefficient (Wildman–Crippen LogP) is 4.00. The molecule has 0 aliphatic rings. The summed E-state index contributed by atoms with van der Waals surface area (Å²) in [6, 6.07) is 22.5. The van der Waals surface area contributed by atoms with Gasteiger partial charge in [0, 0.05) is 37.8 Å². The van der Waals surface area contributed by atoms with Crippen LogP contribution < -0.4 is 35.5 Å². The Morgan fingerprint density at radius 2 is 1.13 bits per heavy atom. The van der Waals surface area contributed by atoms with Gasteiger partial charge in [-0.3, -0.25) is 4.79 Å². The molecule has 1 heterocycles. The van der Waals surface area contributed by atoms with Crippen LogP contribution in [-0.4, -0.2) is 81.7 Å². The summed E-state index contributed by atoms with van der Waals surface area (Å²) in [6.45, 7) is 3.49. The van der Waals surface area contributed by atoms with Crippen LogP contribution in [0.5, 0.6) is 17.2 Å². The van der Waals surface area contributed by atoms with Gasteiger partial charge in [-0.05, 0) is 47.5 Å². The Morgan fingerprint density at radius 3 is 1.72 bits per heavy atom. The van der Waals surface area contributed by atoms with Gasteiger partial charge in [0.05, 0.1) is 47.8 Å². The Kier molecular flexibility index (Phi) is 13.7. The molecular formula is C33H41N7O6. The van der Waals surface area contributed by atoms with E-state index in [0.29, 0.717) is 87.5 Å². The van der Waals surface area contributed by atoms with Crippen LogP contribution in [0.2, 0.25) is 0 Å². The lowest BCUT2D eigenvalue weighted by Crippen LogP contribution is -2.27. The highest BCUT2D eigenvalue weighted by atomic mass is 16.5. The maximum Gasteiger partial charge on any atom is 0.251 e. The number of rotatable bonds is 20. The average molecular weight is 632 g/mol. The van der Waals surface area contributed by atoms with Crippen LogP contribution >= 0.6 is 0 Å². The number of anilines is 3. The Balaban J connectivity index is 1.24. The topological polar surface area (TPSA) is 150 Å². The minimum atomic E-state index is -0.122. The van der Waals surface area contributed by atoms with E-state index in [9.17, 15) is 4.79 Å². The molecule has 0 radical (unpaired) electrons. The fourth-order valence-corrected chi connectivity index (χ4v) is 4.17. The van der Waals surface area contributed by atoms with Crippen molar-refractivity contribution in [2.45, 2.75) is 13.1 Å². The Bertz CT molecular complexity index is 1470. The number of hydrogen-bond donors (Lipinski definition) is 4. The van der Waals surface area contributed by atoms with Gasteiger partial charge in [0.1, 0.15) is 17.2 Å². The average Bonchev–Trinajstić information content (AvgIpc) is 3.10. The van der Waals surface area contributed by atoms with Gasteiger partial charge in [0.15, 0.2) is 0 Å². The Hall–Kier alpha value is -5.14.